The minimum atomic E-state index is 0.334. The molecule has 0 radical (unpaired) electrons. The van der Waals surface area contributed by atoms with Crippen LogP contribution in [0.3, 0.4) is 0 Å². The predicted molar refractivity (Wildman–Crippen MR) is 112 cm³/mol. The minimum Gasteiger partial charge on any atom is -0.384 e. The van der Waals surface area contributed by atoms with Crippen molar-refractivity contribution >= 4 is 49.8 Å². The molecule has 4 heterocycles. The Bertz CT molecular complexity index is 1510. The lowest BCUT2D eigenvalue weighted by Gasteiger charge is -2.10. The van der Waals surface area contributed by atoms with Crippen molar-refractivity contribution in [1.29, 1.82) is 0 Å². The molecule has 0 aliphatic heterocycles. The summed E-state index contributed by atoms with van der Waals surface area (Å²) in [5.41, 5.74) is 12.2. The SMILES string of the molecule is Cc1ccccc1-n1c(N)c(-c2nc3ccccc3s2)c2nc3nonc3nc21. The van der Waals surface area contributed by atoms with E-state index < -0.39 is 0 Å². The highest BCUT2D eigenvalue weighted by atomic mass is 32.1. The Kier molecular flexibility index (Phi) is 3.24. The Morgan fingerprint density at radius 2 is 1.69 bits per heavy atom. The standard InChI is InChI=1S/C20H13N7OS/c1-10-6-2-4-8-12(10)27-16(21)14(20-22-11-7-3-5-9-13(11)29-20)15-19(27)24-18-17(23-15)25-28-26-18/h2-9H,21H2,1H3. The molecule has 8 nitrogen and oxygen atoms in total. The van der Waals surface area contributed by atoms with Crippen LogP contribution < -0.4 is 5.73 Å². The second-order valence-corrected chi connectivity index (χ2v) is 7.71. The van der Waals surface area contributed by atoms with Crippen molar-refractivity contribution in [3.63, 3.8) is 0 Å². The summed E-state index contributed by atoms with van der Waals surface area (Å²) in [6.45, 7) is 2.03. The van der Waals surface area contributed by atoms with Gasteiger partial charge in [-0.25, -0.2) is 19.6 Å². The van der Waals surface area contributed by atoms with Crippen LogP contribution in [0.4, 0.5) is 5.82 Å². The van der Waals surface area contributed by atoms with E-state index in [1.165, 1.54) is 0 Å². The highest BCUT2D eigenvalue weighted by molar-refractivity contribution is 7.21. The topological polar surface area (TPSA) is 109 Å². The van der Waals surface area contributed by atoms with Crippen molar-refractivity contribution in [2.24, 2.45) is 0 Å². The van der Waals surface area contributed by atoms with Gasteiger partial charge in [-0.15, -0.1) is 11.3 Å². The van der Waals surface area contributed by atoms with Crippen LogP contribution in [0.25, 0.3) is 48.9 Å². The highest BCUT2D eigenvalue weighted by Crippen LogP contribution is 2.41. The summed E-state index contributed by atoms with van der Waals surface area (Å²) in [5, 5.41) is 8.48. The quantitative estimate of drug-likeness (QED) is 0.466. The Balaban J connectivity index is 1.76. The molecule has 0 aliphatic carbocycles. The molecule has 0 saturated carbocycles. The Hall–Kier alpha value is -3.85. The first-order valence-corrected chi connectivity index (χ1v) is 9.74. The second kappa shape index (κ2) is 5.82. The third-order valence-electron chi connectivity index (χ3n) is 4.91. The van der Waals surface area contributed by atoms with Gasteiger partial charge in [0.05, 0.1) is 21.5 Å². The number of hydrogen-bond donors (Lipinski definition) is 1. The molecular weight excluding hydrogens is 386 g/mol. The Labute approximate surface area is 167 Å². The molecule has 2 N–H and O–H groups in total. The molecular formula is C20H13N7OS. The van der Waals surface area contributed by atoms with E-state index in [-0.39, 0.29) is 0 Å². The van der Waals surface area contributed by atoms with Crippen molar-refractivity contribution in [1.82, 2.24) is 29.8 Å². The molecule has 0 spiro atoms. The van der Waals surface area contributed by atoms with E-state index in [0.29, 0.717) is 28.3 Å². The number of thiazole rings is 1. The monoisotopic (exact) mass is 399 g/mol. The van der Waals surface area contributed by atoms with Gasteiger partial charge in [-0.1, -0.05) is 30.3 Å². The van der Waals surface area contributed by atoms with E-state index in [1.54, 1.807) is 11.3 Å². The fraction of sp³-hybridized carbons (Fsp3) is 0.0500. The van der Waals surface area contributed by atoms with E-state index in [4.69, 9.17) is 15.3 Å². The maximum absolute atomic E-state index is 6.69. The van der Waals surface area contributed by atoms with Crippen LogP contribution in [0.1, 0.15) is 5.56 Å². The molecule has 6 rings (SSSR count). The molecule has 140 valence electrons. The summed E-state index contributed by atoms with van der Waals surface area (Å²) < 4.78 is 7.80. The first-order chi connectivity index (χ1) is 14.2. The average Bonchev–Trinajstić information content (AvgIpc) is 3.41. The molecule has 29 heavy (non-hydrogen) atoms. The molecule has 0 unspecified atom stereocenters. The maximum atomic E-state index is 6.69. The third kappa shape index (κ3) is 2.28. The molecule has 0 atom stereocenters. The number of nitrogens with two attached hydrogens (primary N) is 1. The van der Waals surface area contributed by atoms with Crippen LogP contribution in [0.15, 0.2) is 53.2 Å². The number of nitrogen functional groups attached to an aromatic ring is 1. The van der Waals surface area contributed by atoms with Crippen molar-refractivity contribution < 1.29 is 4.63 Å². The van der Waals surface area contributed by atoms with Crippen LogP contribution in [0, 0.1) is 6.92 Å². The smallest absolute Gasteiger partial charge is 0.245 e. The van der Waals surface area contributed by atoms with Gasteiger partial charge in [-0.2, -0.15) is 0 Å². The summed E-state index contributed by atoms with van der Waals surface area (Å²) in [7, 11) is 0. The normalized spacial score (nSPS) is 11.8. The maximum Gasteiger partial charge on any atom is 0.245 e. The van der Waals surface area contributed by atoms with Gasteiger partial charge in [0.2, 0.25) is 11.3 Å². The Morgan fingerprint density at radius 1 is 0.931 bits per heavy atom. The lowest BCUT2D eigenvalue weighted by molar-refractivity contribution is 0.314. The van der Waals surface area contributed by atoms with E-state index in [0.717, 1.165) is 32.0 Å². The van der Waals surface area contributed by atoms with E-state index in [2.05, 4.69) is 20.3 Å². The zero-order chi connectivity index (χ0) is 19.5. The summed E-state index contributed by atoms with van der Waals surface area (Å²) >= 11 is 1.57. The number of aryl methyl sites for hydroxylation is 1. The molecule has 9 heteroatoms. The molecule has 0 amide bonds. The van der Waals surface area contributed by atoms with Crippen molar-refractivity contribution in [2.45, 2.75) is 6.92 Å². The van der Waals surface area contributed by atoms with Crippen LogP contribution in [-0.2, 0) is 0 Å². The van der Waals surface area contributed by atoms with Gasteiger partial charge < -0.3 is 5.73 Å². The van der Waals surface area contributed by atoms with Crippen molar-refractivity contribution in [3.8, 4) is 16.3 Å². The molecule has 6 aromatic rings. The van der Waals surface area contributed by atoms with E-state index >= 15 is 0 Å². The summed E-state index contributed by atoms with van der Waals surface area (Å²) in [4.78, 5) is 14.1. The van der Waals surface area contributed by atoms with Gasteiger partial charge in [-0.3, -0.25) is 4.57 Å². The van der Waals surface area contributed by atoms with Gasteiger partial charge in [-0.05, 0) is 41.0 Å². The van der Waals surface area contributed by atoms with Gasteiger partial charge in [0.1, 0.15) is 16.3 Å². The number of anilines is 1. The van der Waals surface area contributed by atoms with Gasteiger partial charge in [0.15, 0.2) is 5.65 Å². The van der Waals surface area contributed by atoms with Crippen molar-refractivity contribution in [2.75, 3.05) is 5.73 Å². The third-order valence-corrected chi connectivity index (χ3v) is 5.96. The number of nitrogens with zero attached hydrogens (tertiary/aromatic N) is 6. The fourth-order valence-corrected chi connectivity index (χ4v) is 4.57. The molecule has 0 aliphatic rings. The number of para-hydroxylation sites is 2. The zero-order valence-electron chi connectivity index (χ0n) is 15.2. The van der Waals surface area contributed by atoms with E-state index in [9.17, 15) is 0 Å². The number of hydrogen-bond acceptors (Lipinski definition) is 8. The second-order valence-electron chi connectivity index (χ2n) is 6.68. The van der Waals surface area contributed by atoms with Gasteiger partial charge in [0.25, 0.3) is 0 Å². The predicted octanol–water partition coefficient (Wildman–Crippen LogP) is 4.12. The molecule has 0 saturated heterocycles. The average molecular weight is 399 g/mol. The first-order valence-electron chi connectivity index (χ1n) is 8.93. The van der Waals surface area contributed by atoms with Crippen LogP contribution in [0.5, 0.6) is 0 Å². The van der Waals surface area contributed by atoms with Crippen LogP contribution >= 0.6 is 11.3 Å². The fourth-order valence-electron chi connectivity index (χ4n) is 3.55. The van der Waals surface area contributed by atoms with E-state index in [1.807, 2.05) is 60.0 Å². The number of fused-ring (bicyclic) bond motifs is 3. The number of benzene rings is 2. The van der Waals surface area contributed by atoms with Gasteiger partial charge in [0, 0.05) is 0 Å². The van der Waals surface area contributed by atoms with Gasteiger partial charge >= 0.3 is 0 Å². The summed E-state index contributed by atoms with van der Waals surface area (Å²) in [6.07, 6.45) is 0. The molecule has 0 bridgehead atoms. The highest BCUT2D eigenvalue weighted by Gasteiger charge is 2.25. The van der Waals surface area contributed by atoms with Crippen LogP contribution in [0.2, 0.25) is 0 Å². The Morgan fingerprint density at radius 3 is 2.52 bits per heavy atom. The summed E-state index contributed by atoms with van der Waals surface area (Å²) in [5.74, 6) is 0.526. The van der Waals surface area contributed by atoms with Crippen LogP contribution in [-0.4, -0.2) is 29.8 Å². The number of rotatable bonds is 2. The molecule has 4 aromatic heterocycles. The van der Waals surface area contributed by atoms with Crippen molar-refractivity contribution in [3.05, 3.63) is 54.1 Å². The zero-order valence-corrected chi connectivity index (χ0v) is 16.0. The summed E-state index contributed by atoms with van der Waals surface area (Å²) in [6, 6.07) is 16.0. The molecule has 2 aromatic carbocycles. The molecule has 0 fully saturated rings. The lowest BCUT2D eigenvalue weighted by Crippen LogP contribution is -2.03. The largest absolute Gasteiger partial charge is 0.384 e. The minimum absolute atomic E-state index is 0.334. The lowest BCUT2D eigenvalue weighted by atomic mass is 10.2. The first kappa shape index (κ1) is 16.1. The number of aromatic nitrogens is 6.